The smallest absolute Gasteiger partial charge is 0.334 e. The van der Waals surface area contributed by atoms with E-state index < -0.39 is 12.1 Å². The number of carbonyl (C=O) groups excluding carboxylic acids is 1. The van der Waals surface area contributed by atoms with E-state index in [1.807, 2.05) is 0 Å². The number of aliphatic carboxylic acids is 1. The Kier molecular flexibility index (Phi) is 4.64. The van der Waals surface area contributed by atoms with Gasteiger partial charge in [-0.1, -0.05) is 11.6 Å². The maximum atomic E-state index is 12.1. The van der Waals surface area contributed by atoms with Gasteiger partial charge in [0.15, 0.2) is 6.10 Å². The van der Waals surface area contributed by atoms with Gasteiger partial charge in [-0.2, -0.15) is 5.10 Å². The molecule has 1 aromatic rings. The third-order valence-electron chi connectivity index (χ3n) is 3.24. The number of hydrogen-bond donors (Lipinski definition) is 1. The zero-order valence-electron chi connectivity index (χ0n) is 11.7. The molecule has 1 aliphatic heterocycles. The van der Waals surface area contributed by atoms with Crippen LogP contribution < -0.4 is 0 Å². The van der Waals surface area contributed by atoms with Gasteiger partial charge in [0.2, 0.25) is 5.91 Å². The summed E-state index contributed by atoms with van der Waals surface area (Å²) in [5, 5.41) is 13.5. The molecule has 1 amide bonds. The van der Waals surface area contributed by atoms with Gasteiger partial charge in [0.1, 0.15) is 5.15 Å². The number of aryl methyl sites for hydroxylation is 2. The van der Waals surface area contributed by atoms with Crippen molar-refractivity contribution in [3.8, 4) is 0 Å². The van der Waals surface area contributed by atoms with Crippen molar-refractivity contribution in [1.82, 2.24) is 14.7 Å². The number of carboxylic acid groups (broad SMARTS) is 1. The summed E-state index contributed by atoms with van der Waals surface area (Å²) >= 11 is 6.07. The number of morpholine rings is 1. The summed E-state index contributed by atoms with van der Waals surface area (Å²) < 4.78 is 6.60. The average molecular weight is 314 g/mol. The SMILES string of the molecule is Cc1nn(C)c(Cl)c1/C=C/C(=O)N1CCO[C@H](C(=O)O)C1. The lowest BCUT2D eigenvalue weighted by Crippen LogP contribution is -2.48. The molecule has 0 aliphatic carbocycles. The molecule has 0 radical (unpaired) electrons. The van der Waals surface area contributed by atoms with Crippen molar-refractivity contribution in [3.63, 3.8) is 0 Å². The largest absolute Gasteiger partial charge is 0.479 e. The van der Waals surface area contributed by atoms with Crippen LogP contribution in [0.15, 0.2) is 6.08 Å². The molecule has 1 fully saturated rings. The second-order valence-electron chi connectivity index (χ2n) is 4.73. The lowest BCUT2D eigenvalue weighted by Gasteiger charge is -2.30. The monoisotopic (exact) mass is 313 g/mol. The Hall–Kier alpha value is -1.86. The summed E-state index contributed by atoms with van der Waals surface area (Å²) in [6.45, 7) is 2.42. The number of halogens is 1. The summed E-state index contributed by atoms with van der Waals surface area (Å²) in [7, 11) is 1.72. The number of rotatable bonds is 3. The Morgan fingerprint density at radius 1 is 1.52 bits per heavy atom. The summed E-state index contributed by atoms with van der Waals surface area (Å²) in [6.07, 6.45) is 2.00. The quantitative estimate of drug-likeness (QED) is 0.831. The van der Waals surface area contributed by atoms with Crippen molar-refractivity contribution < 1.29 is 19.4 Å². The van der Waals surface area contributed by atoms with E-state index in [9.17, 15) is 9.59 Å². The fourth-order valence-electron chi connectivity index (χ4n) is 2.09. The van der Waals surface area contributed by atoms with Crippen LogP contribution in [0.4, 0.5) is 0 Å². The molecule has 0 bridgehead atoms. The van der Waals surface area contributed by atoms with E-state index >= 15 is 0 Å². The molecule has 1 atom stereocenters. The number of hydrogen-bond acceptors (Lipinski definition) is 4. The van der Waals surface area contributed by atoms with E-state index in [4.69, 9.17) is 21.4 Å². The van der Waals surface area contributed by atoms with Gasteiger partial charge in [-0.25, -0.2) is 4.79 Å². The highest BCUT2D eigenvalue weighted by Crippen LogP contribution is 2.20. The number of amides is 1. The number of carbonyl (C=O) groups is 2. The first-order valence-corrected chi connectivity index (χ1v) is 6.78. The summed E-state index contributed by atoms with van der Waals surface area (Å²) in [5.41, 5.74) is 1.40. The minimum absolute atomic E-state index is 0.0399. The highest BCUT2D eigenvalue weighted by atomic mass is 35.5. The Balaban J connectivity index is 2.07. The third kappa shape index (κ3) is 3.43. The van der Waals surface area contributed by atoms with E-state index in [1.165, 1.54) is 15.7 Å². The molecule has 0 aromatic carbocycles. The van der Waals surface area contributed by atoms with Gasteiger partial charge in [0.25, 0.3) is 0 Å². The van der Waals surface area contributed by atoms with Gasteiger partial charge in [0.05, 0.1) is 18.8 Å². The van der Waals surface area contributed by atoms with Crippen molar-refractivity contribution >= 4 is 29.6 Å². The van der Waals surface area contributed by atoms with Gasteiger partial charge in [0, 0.05) is 25.2 Å². The highest BCUT2D eigenvalue weighted by Gasteiger charge is 2.28. The zero-order chi connectivity index (χ0) is 15.6. The lowest BCUT2D eigenvalue weighted by molar-refractivity contribution is -0.158. The Labute approximate surface area is 126 Å². The van der Waals surface area contributed by atoms with Crippen LogP contribution >= 0.6 is 11.6 Å². The minimum Gasteiger partial charge on any atom is -0.479 e. The number of aromatic nitrogens is 2. The second kappa shape index (κ2) is 6.28. The fraction of sp³-hybridized carbons (Fsp3) is 0.462. The predicted molar refractivity (Wildman–Crippen MR) is 75.9 cm³/mol. The van der Waals surface area contributed by atoms with E-state index in [-0.39, 0.29) is 19.1 Å². The molecule has 1 aliphatic rings. The van der Waals surface area contributed by atoms with E-state index in [0.29, 0.717) is 17.3 Å². The van der Waals surface area contributed by atoms with Crippen molar-refractivity contribution in [2.45, 2.75) is 13.0 Å². The number of ether oxygens (including phenoxy) is 1. The van der Waals surface area contributed by atoms with E-state index in [2.05, 4.69) is 5.10 Å². The molecule has 1 N–H and O–H groups in total. The molecular formula is C13H16ClN3O4. The first-order valence-electron chi connectivity index (χ1n) is 6.40. The zero-order valence-corrected chi connectivity index (χ0v) is 12.5. The molecule has 8 heteroatoms. The molecular weight excluding hydrogens is 298 g/mol. The average Bonchev–Trinajstić information content (AvgIpc) is 2.70. The number of carboxylic acids is 1. The highest BCUT2D eigenvalue weighted by molar-refractivity contribution is 6.31. The molecule has 7 nitrogen and oxygen atoms in total. The fourth-order valence-corrected chi connectivity index (χ4v) is 2.33. The van der Waals surface area contributed by atoms with Crippen molar-refractivity contribution in [2.75, 3.05) is 19.7 Å². The van der Waals surface area contributed by atoms with Crippen molar-refractivity contribution in [3.05, 3.63) is 22.5 Å². The van der Waals surface area contributed by atoms with Crippen LogP contribution in [0.1, 0.15) is 11.3 Å². The van der Waals surface area contributed by atoms with Crippen LogP contribution in [0, 0.1) is 6.92 Å². The molecule has 1 aromatic heterocycles. The first kappa shape index (κ1) is 15.5. The maximum absolute atomic E-state index is 12.1. The first-order chi connectivity index (χ1) is 9.90. The minimum atomic E-state index is -1.07. The molecule has 1 saturated heterocycles. The molecule has 21 heavy (non-hydrogen) atoms. The summed E-state index contributed by atoms with van der Waals surface area (Å²) in [5.74, 6) is -1.34. The molecule has 2 heterocycles. The Bertz CT molecular complexity index is 596. The maximum Gasteiger partial charge on any atom is 0.334 e. The van der Waals surface area contributed by atoms with Crippen LogP contribution in [0.25, 0.3) is 6.08 Å². The molecule has 0 spiro atoms. The van der Waals surface area contributed by atoms with Crippen LogP contribution in [0.3, 0.4) is 0 Å². The molecule has 114 valence electrons. The van der Waals surface area contributed by atoms with Crippen LogP contribution in [0.2, 0.25) is 5.15 Å². The van der Waals surface area contributed by atoms with Gasteiger partial charge in [-0.15, -0.1) is 0 Å². The van der Waals surface area contributed by atoms with Gasteiger partial charge in [-0.05, 0) is 13.0 Å². The Morgan fingerprint density at radius 2 is 2.24 bits per heavy atom. The second-order valence-corrected chi connectivity index (χ2v) is 5.09. The molecule has 0 unspecified atom stereocenters. The van der Waals surface area contributed by atoms with Crippen molar-refractivity contribution in [1.29, 1.82) is 0 Å². The predicted octanol–water partition coefficient (Wildman–Crippen LogP) is 0.707. The van der Waals surface area contributed by atoms with Crippen LogP contribution in [-0.2, 0) is 21.4 Å². The topological polar surface area (TPSA) is 84.7 Å². The number of nitrogens with zero attached hydrogens (tertiary/aromatic N) is 3. The molecule has 0 saturated carbocycles. The lowest BCUT2D eigenvalue weighted by atomic mass is 10.2. The standard InChI is InChI=1S/C13H16ClN3O4/c1-8-9(12(14)16(2)15-8)3-4-11(18)17-5-6-21-10(7-17)13(19)20/h3-4,10H,5-7H2,1-2H3,(H,19,20)/b4-3+/t10-/m0/s1. The van der Waals surface area contributed by atoms with E-state index in [1.54, 1.807) is 20.0 Å². The normalized spacial score (nSPS) is 19.2. The summed E-state index contributed by atoms with van der Waals surface area (Å²) in [4.78, 5) is 24.4. The van der Waals surface area contributed by atoms with E-state index in [0.717, 1.165) is 5.69 Å². The van der Waals surface area contributed by atoms with Crippen LogP contribution in [-0.4, -0.2) is 57.5 Å². The van der Waals surface area contributed by atoms with Crippen molar-refractivity contribution in [2.24, 2.45) is 7.05 Å². The van der Waals surface area contributed by atoms with Gasteiger partial charge in [-0.3, -0.25) is 9.48 Å². The van der Waals surface area contributed by atoms with Gasteiger partial charge < -0.3 is 14.7 Å². The Morgan fingerprint density at radius 3 is 2.81 bits per heavy atom. The van der Waals surface area contributed by atoms with Crippen LogP contribution in [0.5, 0.6) is 0 Å². The molecule has 2 rings (SSSR count). The van der Waals surface area contributed by atoms with Gasteiger partial charge >= 0.3 is 5.97 Å². The summed E-state index contributed by atoms with van der Waals surface area (Å²) in [6, 6.07) is 0. The third-order valence-corrected chi connectivity index (χ3v) is 3.69.